The van der Waals surface area contributed by atoms with Crippen molar-refractivity contribution in [3.8, 4) is 0 Å². The molecule has 0 aliphatic heterocycles. The summed E-state index contributed by atoms with van der Waals surface area (Å²) in [6, 6.07) is 0.494. The van der Waals surface area contributed by atoms with Crippen LogP contribution in [0.1, 0.15) is 51.4 Å². The summed E-state index contributed by atoms with van der Waals surface area (Å²) in [5, 5.41) is 12.9. The lowest BCUT2D eigenvalue weighted by Crippen LogP contribution is -2.56. The van der Waals surface area contributed by atoms with Gasteiger partial charge in [-0.2, -0.15) is 0 Å². The Bertz CT molecular complexity index is 296. The van der Waals surface area contributed by atoms with Gasteiger partial charge in [-0.1, -0.05) is 12.8 Å². The Hall–Kier alpha value is -0.570. The highest BCUT2D eigenvalue weighted by molar-refractivity contribution is 5.79. The van der Waals surface area contributed by atoms with Crippen molar-refractivity contribution in [3.05, 3.63) is 0 Å². The Labute approximate surface area is 96.6 Å². The zero-order valence-corrected chi connectivity index (χ0v) is 9.74. The molecule has 3 rings (SSSR count). The lowest BCUT2D eigenvalue weighted by atomic mass is 9.73. The normalized spacial score (nSPS) is 39.6. The van der Waals surface area contributed by atoms with E-state index >= 15 is 0 Å². The van der Waals surface area contributed by atoms with Crippen molar-refractivity contribution in [2.45, 2.75) is 62.9 Å². The van der Waals surface area contributed by atoms with Crippen LogP contribution in [0.15, 0.2) is 0 Å². The van der Waals surface area contributed by atoms with Gasteiger partial charge in [0.25, 0.3) is 0 Å². The molecular weight excluding hydrogens is 202 g/mol. The second kappa shape index (κ2) is 3.73. The highest BCUT2D eigenvalue weighted by Crippen LogP contribution is 2.47. The fraction of sp³-hybridized carbons (Fsp3) is 0.923. The average molecular weight is 223 g/mol. The topological polar surface area (TPSA) is 49.3 Å². The van der Waals surface area contributed by atoms with Crippen LogP contribution >= 0.6 is 0 Å². The predicted octanol–water partition coefficient (Wildman–Crippen LogP) is 2.16. The number of carboxylic acids is 1. The molecule has 2 atom stereocenters. The van der Waals surface area contributed by atoms with Crippen LogP contribution in [-0.2, 0) is 4.79 Å². The minimum absolute atomic E-state index is 0.494. The third-order valence-electron chi connectivity index (χ3n) is 4.54. The first-order valence-electron chi connectivity index (χ1n) is 6.71. The molecule has 3 saturated carbocycles. The van der Waals surface area contributed by atoms with Gasteiger partial charge < -0.3 is 5.11 Å². The van der Waals surface area contributed by atoms with Gasteiger partial charge in [0.05, 0.1) is 0 Å². The van der Waals surface area contributed by atoms with E-state index in [2.05, 4.69) is 5.32 Å². The minimum atomic E-state index is -0.607. The third-order valence-corrected chi connectivity index (χ3v) is 4.54. The maximum absolute atomic E-state index is 11.6. The van der Waals surface area contributed by atoms with E-state index in [0.29, 0.717) is 12.0 Å². The third kappa shape index (κ3) is 1.97. The first kappa shape index (κ1) is 10.6. The molecule has 3 aliphatic carbocycles. The van der Waals surface area contributed by atoms with E-state index in [9.17, 15) is 9.90 Å². The predicted molar refractivity (Wildman–Crippen MR) is 61.2 cm³/mol. The van der Waals surface area contributed by atoms with E-state index in [1.54, 1.807) is 0 Å². The molecule has 0 aromatic heterocycles. The number of hydrogen-bond acceptors (Lipinski definition) is 2. The first-order valence-corrected chi connectivity index (χ1v) is 6.71. The molecule has 3 heteroatoms. The van der Waals surface area contributed by atoms with Gasteiger partial charge in [0.2, 0.25) is 0 Å². The summed E-state index contributed by atoms with van der Waals surface area (Å²) in [5.41, 5.74) is -0.577. The van der Waals surface area contributed by atoms with Crippen LogP contribution in [0.25, 0.3) is 0 Å². The maximum Gasteiger partial charge on any atom is 0.323 e. The van der Waals surface area contributed by atoms with Crippen LogP contribution in [0.3, 0.4) is 0 Å². The van der Waals surface area contributed by atoms with Gasteiger partial charge in [-0.25, -0.2) is 0 Å². The number of hydrogen-bond donors (Lipinski definition) is 2. The fourth-order valence-electron chi connectivity index (χ4n) is 3.29. The second-order valence-corrected chi connectivity index (χ2v) is 6.00. The highest BCUT2D eigenvalue weighted by Gasteiger charge is 2.48. The van der Waals surface area contributed by atoms with Crippen molar-refractivity contribution in [1.29, 1.82) is 0 Å². The van der Waals surface area contributed by atoms with E-state index in [-0.39, 0.29) is 0 Å². The number of aliphatic carboxylic acids is 1. The van der Waals surface area contributed by atoms with Gasteiger partial charge in [0.1, 0.15) is 5.54 Å². The summed E-state index contributed by atoms with van der Waals surface area (Å²) in [5.74, 6) is 0.917. The molecule has 0 saturated heterocycles. The van der Waals surface area contributed by atoms with Gasteiger partial charge in [0, 0.05) is 6.04 Å². The lowest BCUT2D eigenvalue weighted by molar-refractivity contribution is -0.147. The van der Waals surface area contributed by atoms with E-state index < -0.39 is 11.5 Å². The van der Waals surface area contributed by atoms with Crippen LogP contribution < -0.4 is 5.32 Å². The van der Waals surface area contributed by atoms with Gasteiger partial charge >= 0.3 is 5.97 Å². The molecule has 90 valence electrons. The quantitative estimate of drug-likeness (QED) is 0.768. The maximum atomic E-state index is 11.6. The molecule has 2 N–H and O–H groups in total. The zero-order chi connectivity index (χ0) is 11.2. The molecule has 0 aromatic rings. The van der Waals surface area contributed by atoms with Crippen LogP contribution in [0.2, 0.25) is 0 Å². The molecular formula is C13H21NO2. The molecule has 0 radical (unpaired) electrons. The zero-order valence-electron chi connectivity index (χ0n) is 9.74. The summed E-state index contributed by atoms with van der Waals surface area (Å²) in [7, 11) is 0. The SMILES string of the molecule is O=C(O)C1(NC2CC2)CCCC(C2CC2)C1. The van der Waals surface area contributed by atoms with Crippen molar-refractivity contribution in [1.82, 2.24) is 5.32 Å². The smallest absolute Gasteiger partial charge is 0.323 e. The van der Waals surface area contributed by atoms with E-state index in [0.717, 1.165) is 25.2 Å². The van der Waals surface area contributed by atoms with Crippen molar-refractivity contribution in [3.63, 3.8) is 0 Å². The Balaban J connectivity index is 1.72. The van der Waals surface area contributed by atoms with Crippen LogP contribution in [-0.4, -0.2) is 22.7 Å². The first-order chi connectivity index (χ1) is 7.70. The van der Waals surface area contributed by atoms with E-state index in [1.165, 1.54) is 32.1 Å². The standard InChI is InChI=1S/C13H21NO2/c15-12(16)13(14-11-5-6-11)7-1-2-10(8-13)9-3-4-9/h9-11,14H,1-8H2,(H,15,16). The van der Waals surface area contributed by atoms with Gasteiger partial charge in [-0.05, 0) is 50.4 Å². The number of rotatable bonds is 4. The lowest BCUT2D eigenvalue weighted by Gasteiger charge is -2.38. The summed E-state index contributed by atoms with van der Waals surface area (Å²) >= 11 is 0. The number of carbonyl (C=O) groups is 1. The molecule has 0 heterocycles. The van der Waals surface area contributed by atoms with Gasteiger partial charge in [-0.15, -0.1) is 0 Å². The molecule has 0 bridgehead atoms. The Morgan fingerprint density at radius 3 is 2.44 bits per heavy atom. The summed E-state index contributed by atoms with van der Waals surface area (Å²) < 4.78 is 0. The molecule has 0 amide bonds. The van der Waals surface area contributed by atoms with Gasteiger partial charge in [0.15, 0.2) is 0 Å². The van der Waals surface area contributed by atoms with Crippen molar-refractivity contribution in [2.24, 2.45) is 11.8 Å². The van der Waals surface area contributed by atoms with Crippen molar-refractivity contribution >= 4 is 5.97 Å². The number of nitrogens with one attached hydrogen (secondary N) is 1. The van der Waals surface area contributed by atoms with Gasteiger partial charge in [-0.3, -0.25) is 10.1 Å². The fourth-order valence-corrected chi connectivity index (χ4v) is 3.29. The van der Waals surface area contributed by atoms with E-state index in [1.807, 2.05) is 0 Å². The molecule has 3 nitrogen and oxygen atoms in total. The molecule has 16 heavy (non-hydrogen) atoms. The summed E-state index contributed by atoms with van der Waals surface area (Å²) in [6.45, 7) is 0. The molecule has 0 spiro atoms. The number of carboxylic acid groups (broad SMARTS) is 1. The molecule has 2 unspecified atom stereocenters. The molecule has 0 aromatic carbocycles. The highest BCUT2D eigenvalue weighted by atomic mass is 16.4. The van der Waals surface area contributed by atoms with Crippen LogP contribution in [0.5, 0.6) is 0 Å². The Morgan fingerprint density at radius 1 is 1.12 bits per heavy atom. The van der Waals surface area contributed by atoms with Crippen LogP contribution in [0, 0.1) is 11.8 Å². The summed E-state index contributed by atoms with van der Waals surface area (Å²) in [6.07, 6.45) is 9.07. The summed E-state index contributed by atoms with van der Waals surface area (Å²) in [4.78, 5) is 11.6. The minimum Gasteiger partial charge on any atom is -0.480 e. The monoisotopic (exact) mass is 223 g/mol. The molecule has 3 aliphatic rings. The Kier molecular flexibility index (Phi) is 2.46. The van der Waals surface area contributed by atoms with E-state index in [4.69, 9.17) is 0 Å². The average Bonchev–Trinajstić information content (AvgIpc) is 3.13. The van der Waals surface area contributed by atoms with Crippen molar-refractivity contribution < 1.29 is 9.90 Å². The molecule has 3 fully saturated rings. The Morgan fingerprint density at radius 2 is 1.88 bits per heavy atom. The second-order valence-electron chi connectivity index (χ2n) is 6.00. The largest absolute Gasteiger partial charge is 0.480 e. The van der Waals surface area contributed by atoms with Crippen LogP contribution in [0.4, 0.5) is 0 Å². The van der Waals surface area contributed by atoms with Crippen molar-refractivity contribution in [2.75, 3.05) is 0 Å².